The molecule has 152 valence electrons. The molecule has 7 heteroatoms. The van der Waals surface area contributed by atoms with E-state index in [0.717, 1.165) is 28.9 Å². The molecule has 0 aliphatic heterocycles. The average molecular weight is 408 g/mol. The topological polar surface area (TPSA) is 77.1 Å². The molecule has 3 heterocycles. The quantitative estimate of drug-likeness (QED) is 0.466. The van der Waals surface area contributed by atoms with Crippen molar-refractivity contribution in [2.24, 2.45) is 0 Å². The zero-order chi connectivity index (χ0) is 21.0. The van der Waals surface area contributed by atoms with Crippen LogP contribution >= 0.6 is 0 Å². The van der Waals surface area contributed by atoms with Crippen LogP contribution in [0.15, 0.2) is 91.8 Å². The number of benzene rings is 2. The van der Waals surface area contributed by atoms with Gasteiger partial charge in [0, 0.05) is 37.2 Å². The number of fused-ring (bicyclic) bond motifs is 1. The lowest BCUT2D eigenvalue weighted by atomic mass is 10.1. The maximum atomic E-state index is 12.9. The molecule has 0 radical (unpaired) electrons. The van der Waals surface area contributed by atoms with Crippen molar-refractivity contribution in [1.29, 1.82) is 0 Å². The van der Waals surface area contributed by atoms with Crippen molar-refractivity contribution in [3.05, 3.63) is 108 Å². The summed E-state index contributed by atoms with van der Waals surface area (Å²) in [5.41, 5.74) is 5.06. The van der Waals surface area contributed by atoms with Crippen LogP contribution in [0.3, 0.4) is 0 Å². The molecule has 2 aromatic carbocycles. The number of imidazole rings is 1. The molecule has 31 heavy (non-hydrogen) atoms. The van der Waals surface area contributed by atoms with Crippen LogP contribution in [0.5, 0.6) is 0 Å². The van der Waals surface area contributed by atoms with E-state index in [0.29, 0.717) is 17.8 Å². The molecule has 0 fully saturated rings. The summed E-state index contributed by atoms with van der Waals surface area (Å²) >= 11 is 0. The molecule has 0 spiro atoms. The van der Waals surface area contributed by atoms with Gasteiger partial charge in [0.1, 0.15) is 5.56 Å². The van der Waals surface area contributed by atoms with Gasteiger partial charge in [0.15, 0.2) is 5.65 Å². The third-order valence-corrected chi connectivity index (χ3v) is 5.08. The van der Waals surface area contributed by atoms with Crippen LogP contribution in [0.1, 0.15) is 21.5 Å². The molecule has 0 atom stereocenters. The van der Waals surface area contributed by atoms with E-state index in [1.807, 2.05) is 59.3 Å². The lowest BCUT2D eigenvalue weighted by Crippen LogP contribution is -2.23. The molecule has 0 saturated carbocycles. The normalized spacial score (nSPS) is 11.0. The lowest BCUT2D eigenvalue weighted by Gasteiger charge is -2.08. The van der Waals surface area contributed by atoms with E-state index in [9.17, 15) is 4.79 Å². The Bertz CT molecular complexity index is 1320. The molecular weight excluding hydrogens is 388 g/mol. The first-order chi connectivity index (χ1) is 15.3. The summed E-state index contributed by atoms with van der Waals surface area (Å²) in [6, 6.07) is 20.0. The molecule has 0 unspecified atom stereocenters. The van der Waals surface area contributed by atoms with Crippen molar-refractivity contribution < 1.29 is 4.79 Å². The van der Waals surface area contributed by atoms with Gasteiger partial charge in [0.2, 0.25) is 0 Å². The molecule has 3 aromatic heterocycles. The summed E-state index contributed by atoms with van der Waals surface area (Å²) in [7, 11) is 0. The third kappa shape index (κ3) is 3.93. The minimum atomic E-state index is -0.201. The van der Waals surface area contributed by atoms with Gasteiger partial charge in [-0.1, -0.05) is 54.6 Å². The Balaban J connectivity index is 1.33. The zero-order valence-electron chi connectivity index (χ0n) is 16.7. The predicted octanol–water partition coefficient (Wildman–Crippen LogP) is 3.57. The van der Waals surface area contributed by atoms with Crippen LogP contribution in [-0.2, 0) is 13.1 Å². The SMILES string of the molecule is O=C(NCc1cccc(Cn2ccnc2)c1)c1cnn2c(-c3ccccc3)ccnc12. The van der Waals surface area contributed by atoms with Crippen molar-refractivity contribution in [2.45, 2.75) is 13.1 Å². The van der Waals surface area contributed by atoms with E-state index in [1.54, 1.807) is 29.4 Å². The zero-order valence-corrected chi connectivity index (χ0v) is 16.7. The molecular formula is C24H20N6O. The molecule has 5 aromatic rings. The van der Waals surface area contributed by atoms with Gasteiger partial charge in [0.05, 0.1) is 18.2 Å². The van der Waals surface area contributed by atoms with Crippen LogP contribution in [0.25, 0.3) is 16.9 Å². The molecule has 5 rings (SSSR count). The van der Waals surface area contributed by atoms with Crippen LogP contribution in [-0.4, -0.2) is 30.1 Å². The highest BCUT2D eigenvalue weighted by atomic mass is 16.1. The number of carbonyl (C=O) groups is 1. The number of carbonyl (C=O) groups excluding carboxylic acids is 1. The second-order valence-corrected chi connectivity index (χ2v) is 7.23. The van der Waals surface area contributed by atoms with Crippen molar-refractivity contribution in [2.75, 3.05) is 0 Å². The van der Waals surface area contributed by atoms with Crippen molar-refractivity contribution in [3.63, 3.8) is 0 Å². The first-order valence-electron chi connectivity index (χ1n) is 9.98. The summed E-state index contributed by atoms with van der Waals surface area (Å²) in [6.45, 7) is 1.16. The summed E-state index contributed by atoms with van der Waals surface area (Å²) < 4.78 is 3.71. The Morgan fingerprint density at radius 3 is 2.68 bits per heavy atom. The highest BCUT2D eigenvalue weighted by Gasteiger charge is 2.16. The standard InChI is InChI=1S/C24H20N6O/c31-24(27-14-18-5-4-6-19(13-18)16-29-12-11-25-17-29)21-15-28-30-22(9-10-26-23(21)30)20-7-2-1-3-8-20/h1-13,15,17H,14,16H2,(H,27,31). The van der Waals surface area contributed by atoms with Gasteiger partial charge in [-0.15, -0.1) is 0 Å². The number of amides is 1. The van der Waals surface area contributed by atoms with E-state index in [1.165, 1.54) is 0 Å². The maximum Gasteiger partial charge on any atom is 0.257 e. The van der Waals surface area contributed by atoms with E-state index in [2.05, 4.69) is 32.5 Å². The summed E-state index contributed by atoms with van der Waals surface area (Å²) in [4.78, 5) is 21.3. The first-order valence-corrected chi connectivity index (χ1v) is 9.98. The van der Waals surface area contributed by atoms with Crippen LogP contribution in [0.2, 0.25) is 0 Å². The summed E-state index contributed by atoms with van der Waals surface area (Å²) in [5, 5.41) is 7.40. The van der Waals surface area contributed by atoms with Crippen molar-refractivity contribution >= 4 is 11.6 Å². The number of nitrogens with zero attached hydrogens (tertiary/aromatic N) is 5. The molecule has 0 aliphatic carbocycles. The fourth-order valence-electron chi connectivity index (χ4n) is 3.59. The molecule has 0 bridgehead atoms. The monoisotopic (exact) mass is 408 g/mol. The Kier molecular flexibility index (Phi) is 4.98. The average Bonchev–Trinajstić information content (AvgIpc) is 3.48. The fourth-order valence-corrected chi connectivity index (χ4v) is 3.59. The number of nitrogens with one attached hydrogen (secondary N) is 1. The Hall–Kier alpha value is -4.26. The summed E-state index contributed by atoms with van der Waals surface area (Å²) in [5.74, 6) is -0.201. The van der Waals surface area contributed by atoms with Gasteiger partial charge in [0.25, 0.3) is 5.91 Å². The van der Waals surface area contributed by atoms with Gasteiger partial charge in [-0.05, 0) is 17.2 Å². The maximum absolute atomic E-state index is 12.9. The Labute approximate surface area is 179 Å². The molecule has 0 aliphatic rings. The van der Waals surface area contributed by atoms with Gasteiger partial charge < -0.3 is 9.88 Å². The van der Waals surface area contributed by atoms with Gasteiger partial charge in [-0.25, -0.2) is 14.5 Å². The first kappa shape index (κ1) is 18.7. The van der Waals surface area contributed by atoms with Crippen molar-refractivity contribution in [1.82, 2.24) is 29.5 Å². The van der Waals surface area contributed by atoms with Gasteiger partial charge >= 0.3 is 0 Å². The van der Waals surface area contributed by atoms with E-state index >= 15 is 0 Å². The van der Waals surface area contributed by atoms with E-state index < -0.39 is 0 Å². The summed E-state index contributed by atoms with van der Waals surface area (Å²) in [6.07, 6.45) is 8.75. The number of aromatic nitrogens is 5. The Morgan fingerprint density at radius 1 is 0.968 bits per heavy atom. The highest BCUT2D eigenvalue weighted by Crippen LogP contribution is 2.20. The Morgan fingerprint density at radius 2 is 1.84 bits per heavy atom. The second kappa shape index (κ2) is 8.23. The molecule has 1 amide bonds. The number of hydrogen-bond donors (Lipinski definition) is 1. The fraction of sp³-hybridized carbons (Fsp3) is 0.0833. The van der Waals surface area contributed by atoms with Gasteiger partial charge in [-0.3, -0.25) is 4.79 Å². The number of hydrogen-bond acceptors (Lipinski definition) is 4. The van der Waals surface area contributed by atoms with Gasteiger partial charge in [-0.2, -0.15) is 5.10 Å². The minimum absolute atomic E-state index is 0.201. The predicted molar refractivity (Wildman–Crippen MR) is 117 cm³/mol. The highest BCUT2D eigenvalue weighted by molar-refractivity contribution is 5.99. The number of rotatable bonds is 6. The van der Waals surface area contributed by atoms with Crippen LogP contribution < -0.4 is 5.32 Å². The van der Waals surface area contributed by atoms with E-state index in [-0.39, 0.29) is 5.91 Å². The molecule has 0 saturated heterocycles. The third-order valence-electron chi connectivity index (χ3n) is 5.08. The van der Waals surface area contributed by atoms with Crippen LogP contribution in [0, 0.1) is 0 Å². The molecule has 7 nitrogen and oxygen atoms in total. The largest absolute Gasteiger partial charge is 0.348 e. The lowest BCUT2D eigenvalue weighted by molar-refractivity contribution is 0.0952. The second-order valence-electron chi connectivity index (χ2n) is 7.23. The minimum Gasteiger partial charge on any atom is -0.348 e. The van der Waals surface area contributed by atoms with E-state index in [4.69, 9.17) is 0 Å². The smallest absolute Gasteiger partial charge is 0.257 e. The molecule has 1 N–H and O–H groups in total. The van der Waals surface area contributed by atoms with Crippen LogP contribution in [0.4, 0.5) is 0 Å². The van der Waals surface area contributed by atoms with Crippen molar-refractivity contribution in [3.8, 4) is 11.3 Å².